The molecule has 1 aliphatic heterocycles. The molecule has 3 rings (SSSR count). The van der Waals surface area contributed by atoms with E-state index in [1.54, 1.807) is 13.2 Å². The maximum absolute atomic E-state index is 9.77. The molecule has 1 saturated heterocycles. The molecule has 21 heavy (non-hydrogen) atoms. The Morgan fingerprint density at radius 2 is 2.05 bits per heavy atom. The van der Waals surface area contributed by atoms with E-state index in [1.807, 2.05) is 12.1 Å². The van der Waals surface area contributed by atoms with Crippen LogP contribution in [0.25, 0.3) is 0 Å². The van der Waals surface area contributed by atoms with E-state index in [9.17, 15) is 5.11 Å². The number of hydrogen-bond donors (Lipinski definition) is 1. The van der Waals surface area contributed by atoms with Crippen LogP contribution >= 0.6 is 0 Å². The van der Waals surface area contributed by atoms with E-state index in [-0.39, 0.29) is 11.9 Å². The Morgan fingerprint density at radius 1 is 1.29 bits per heavy atom. The fraction of sp³-hybridized carbons (Fsp3) is 0.556. The number of phenols is 1. The molecule has 114 valence electrons. The summed E-state index contributed by atoms with van der Waals surface area (Å²) in [6, 6.07) is 5.54. The van der Waals surface area contributed by atoms with Crippen LogP contribution in [-0.2, 0) is 4.74 Å². The summed E-state index contributed by atoms with van der Waals surface area (Å²) in [5.41, 5.74) is 2.50. The molecule has 5 atom stereocenters. The lowest BCUT2D eigenvalue weighted by molar-refractivity contribution is -0.0935. The molecule has 1 fully saturated rings. The third-order valence-corrected chi connectivity index (χ3v) is 5.30. The number of fused-ring (bicyclic) bond motifs is 2. The maximum Gasteiger partial charge on any atom is 0.160 e. The minimum absolute atomic E-state index is 0.0505. The van der Waals surface area contributed by atoms with Crippen molar-refractivity contribution in [3.63, 3.8) is 0 Å². The molecule has 1 aromatic carbocycles. The highest BCUT2D eigenvalue weighted by Gasteiger charge is 2.43. The van der Waals surface area contributed by atoms with Gasteiger partial charge in [-0.2, -0.15) is 0 Å². The van der Waals surface area contributed by atoms with Crippen LogP contribution in [0.5, 0.6) is 11.5 Å². The predicted molar refractivity (Wildman–Crippen MR) is 82.4 cm³/mol. The summed E-state index contributed by atoms with van der Waals surface area (Å²) in [5, 5.41) is 9.77. The average Bonchev–Trinajstić information content (AvgIpc) is 2.45. The van der Waals surface area contributed by atoms with Crippen molar-refractivity contribution in [1.82, 2.24) is 0 Å². The first-order valence-corrected chi connectivity index (χ1v) is 7.69. The van der Waals surface area contributed by atoms with Gasteiger partial charge in [0.25, 0.3) is 0 Å². The van der Waals surface area contributed by atoms with E-state index < -0.39 is 0 Å². The number of methoxy groups -OCH3 is 1. The lowest BCUT2D eigenvalue weighted by Gasteiger charge is -2.47. The molecule has 2 aliphatic rings. The number of phenolic OH excluding ortho intramolecular Hbond substituents is 1. The van der Waals surface area contributed by atoms with Crippen LogP contribution in [-0.4, -0.2) is 18.8 Å². The summed E-state index contributed by atoms with van der Waals surface area (Å²) in [6.07, 6.45) is 2.46. The Balaban J connectivity index is 1.98. The van der Waals surface area contributed by atoms with Crippen LogP contribution in [0, 0.1) is 23.7 Å². The number of benzene rings is 1. The predicted octanol–water partition coefficient (Wildman–Crippen LogP) is 3.94. The van der Waals surface area contributed by atoms with Gasteiger partial charge in [-0.25, -0.2) is 0 Å². The zero-order valence-corrected chi connectivity index (χ0v) is 13.2. The van der Waals surface area contributed by atoms with Crippen molar-refractivity contribution < 1.29 is 14.6 Å². The topological polar surface area (TPSA) is 38.7 Å². The van der Waals surface area contributed by atoms with Gasteiger partial charge in [0.05, 0.1) is 19.8 Å². The van der Waals surface area contributed by atoms with Crippen LogP contribution in [0.4, 0.5) is 0 Å². The Kier molecular flexibility index (Phi) is 3.70. The number of rotatable bonds is 2. The van der Waals surface area contributed by atoms with Crippen LogP contribution in [0.3, 0.4) is 0 Å². The van der Waals surface area contributed by atoms with Crippen molar-refractivity contribution in [1.29, 1.82) is 0 Å². The molecule has 0 saturated carbocycles. The van der Waals surface area contributed by atoms with Crippen molar-refractivity contribution >= 4 is 0 Å². The van der Waals surface area contributed by atoms with Crippen molar-refractivity contribution in [2.24, 2.45) is 23.7 Å². The van der Waals surface area contributed by atoms with E-state index in [0.717, 1.165) is 12.2 Å². The van der Waals surface area contributed by atoms with E-state index in [0.29, 0.717) is 29.4 Å². The molecule has 0 radical (unpaired) electrons. The first-order chi connectivity index (χ1) is 10.0. The van der Waals surface area contributed by atoms with Gasteiger partial charge in [0.15, 0.2) is 11.5 Å². The van der Waals surface area contributed by atoms with Crippen LogP contribution in [0.1, 0.15) is 32.4 Å². The molecule has 3 heteroatoms. The quantitative estimate of drug-likeness (QED) is 0.838. The summed E-state index contributed by atoms with van der Waals surface area (Å²) in [7, 11) is 1.58. The van der Waals surface area contributed by atoms with Crippen molar-refractivity contribution in [3.8, 4) is 11.5 Å². The highest BCUT2D eigenvalue weighted by molar-refractivity contribution is 5.43. The first kappa shape index (κ1) is 14.5. The van der Waals surface area contributed by atoms with Gasteiger partial charge >= 0.3 is 0 Å². The molecular formula is C18H24O3. The molecule has 0 unspecified atom stereocenters. The number of allylic oxidation sites excluding steroid dienone is 1. The Morgan fingerprint density at radius 3 is 2.76 bits per heavy atom. The smallest absolute Gasteiger partial charge is 0.160 e. The molecule has 3 nitrogen and oxygen atoms in total. The van der Waals surface area contributed by atoms with E-state index in [1.165, 1.54) is 5.57 Å². The van der Waals surface area contributed by atoms with Crippen molar-refractivity contribution in [2.45, 2.75) is 26.9 Å². The third kappa shape index (κ3) is 2.34. The van der Waals surface area contributed by atoms with Gasteiger partial charge in [-0.05, 0) is 42.4 Å². The highest BCUT2D eigenvalue weighted by atomic mass is 16.5. The molecule has 2 bridgehead atoms. The number of aromatic hydroxyl groups is 1. The zero-order chi connectivity index (χ0) is 15.1. The Hall–Kier alpha value is -1.48. The van der Waals surface area contributed by atoms with E-state index >= 15 is 0 Å². The van der Waals surface area contributed by atoms with Crippen LogP contribution in [0.15, 0.2) is 29.8 Å². The average molecular weight is 288 g/mol. The summed E-state index contributed by atoms with van der Waals surface area (Å²) in [4.78, 5) is 0. The normalized spacial score (nSPS) is 35.2. The first-order valence-electron chi connectivity index (χ1n) is 7.69. The monoisotopic (exact) mass is 288 g/mol. The van der Waals surface area contributed by atoms with Crippen molar-refractivity contribution in [2.75, 3.05) is 13.7 Å². The maximum atomic E-state index is 9.77. The van der Waals surface area contributed by atoms with Gasteiger partial charge in [-0.3, -0.25) is 0 Å². The second kappa shape index (κ2) is 5.38. The Bertz CT molecular complexity index is 564. The van der Waals surface area contributed by atoms with Gasteiger partial charge in [-0.1, -0.05) is 31.6 Å². The highest BCUT2D eigenvalue weighted by Crippen LogP contribution is 2.50. The minimum atomic E-state index is 0.0505. The molecule has 1 heterocycles. The number of hydrogen-bond acceptors (Lipinski definition) is 3. The van der Waals surface area contributed by atoms with Gasteiger partial charge < -0.3 is 14.6 Å². The van der Waals surface area contributed by atoms with Gasteiger partial charge in [-0.15, -0.1) is 0 Å². The molecule has 0 amide bonds. The van der Waals surface area contributed by atoms with E-state index in [4.69, 9.17) is 9.47 Å². The molecule has 1 aliphatic carbocycles. The lowest BCUT2D eigenvalue weighted by Crippen LogP contribution is -2.42. The third-order valence-electron chi connectivity index (χ3n) is 5.30. The molecule has 1 N–H and O–H groups in total. The standard InChI is InChI=1S/C18H24O3/c1-10-7-11(2)17-12(3)14(10)9-21-18(17)13-5-6-15(19)16(8-13)20-4/h5-8,10,12,14,17-19H,9H2,1-4H3/t10-,12-,14-,17-,18-/m0/s1. The van der Waals surface area contributed by atoms with Crippen molar-refractivity contribution in [3.05, 3.63) is 35.4 Å². The molecular weight excluding hydrogens is 264 g/mol. The van der Waals surface area contributed by atoms with Crippen LogP contribution in [0.2, 0.25) is 0 Å². The largest absolute Gasteiger partial charge is 0.504 e. The fourth-order valence-corrected chi connectivity index (χ4v) is 4.12. The number of ether oxygens (including phenoxy) is 2. The van der Waals surface area contributed by atoms with Gasteiger partial charge in [0.1, 0.15) is 0 Å². The lowest BCUT2D eigenvalue weighted by atomic mass is 9.64. The second-order valence-corrected chi connectivity index (χ2v) is 6.50. The summed E-state index contributed by atoms with van der Waals surface area (Å²) in [5.74, 6) is 2.91. The van der Waals surface area contributed by atoms with E-state index in [2.05, 4.69) is 26.8 Å². The van der Waals surface area contributed by atoms with Gasteiger partial charge in [0.2, 0.25) is 0 Å². The summed E-state index contributed by atoms with van der Waals surface area (Å²) >= 11 is 0. The second-order valence-electron chi connectivity index (χ2n) is 6.50. The Labute approximate surface area is 126 Å². The van der Waals surface area contributed by atoms with Gasteiger partial charge in [0, 0.05) is 5.92 Å². The summed E-state index contributed by atoms with van der Waals surface area (Å²) < 4.78 is 11.4. The molecule has 0 aromatic heterocycles. The fourth-order valence-electron chi connectivity index (χ4n) is 4.12. The minimum Gasteiger partial charge on any atom is -0.504 e. The zero-order valence-electron chi connectivity index (χ0n) is 13.2. The molecule has 1 aromatic rings. The summed E-state index contributed by atoms with van der Waals surface area (Å²) in [6.45, 7) is 7.65. The van der Waals surface area contributed by atoms with Crippen LogP contribution < -0.4 is 4.74 Å². The SMILES string of the molecule is COc1cc([C@@H]2OC[C@@H]3[C@H](C)[C@@H]2C(C)=C[C@@H]3C)ccc1O. The molecule has 0 spiro atoms.